The van der Waals surface area contributed by atoms with Crippen LogP contribution in [0.5, 0.6) is 0 Å². The molecule has 0 amide bonds. The van der Waals surface area contributed by atoms with Gasteiger partial charge in [0.15, 0.2) is 5.78 Å². The van der Waals surface area contributed by atoms with Crippen molar-refractivity contribution in [3.8, 4) is 0 Å². The second kappa shape index (κ2) is 8.00. The molecule has 0 heterocycles. The van der Waals surface area contributed by atoms with Crippen LogP contribution in [-0.4, -0.2) is 36.2 Å². The van der Waals surface area contributed by atoms with E-state index in [-0.39, 0.29) is 47.1 Å². The fourth-order valence-corrected chi connectivity index (χ4v) is 8.18. The third kappa shape index (κ3) is 3.74. The molecule has 4 aliphatic rings. The van der Waals surface area contributed by atoms with Gasteiger partial charge in [0.1, 0.15) is 18.5 Å². The minimum Gasteiger partial charge on any atom is -0.463 e. The highest BCUT2D eigenvalue weighted by atomic mass is 16.5. The van der Waals surface area contributed by atoms with Gasteiger partial charge in [0.2, 0.25) is 0 Å². The lowest BCUT2D eigenvalue weighted by atomic mass is 9.44. The maximum atomic E-state index is 13.6. The van der Waals surface area contributed by atoms with E-state index in [1.54, 1.807) is 0 Å². The molecule has 0 bridgehead atoms. The van der Waals surface area contributed by atoms with Crippen LogP contribution in [0, 0.1) is 40.4 Å². The Balaban J connectivity index is 1.53. The molecule has 0 radical (unpaired) electrons. The maximum Gasteiger partial charge on any atom is 0.303 e. The number of ketones is 2. The Kier molecular flexibility index (Phi) is 5.80. The fourth-order valence-electron chi connectivity index (χ4n) is 8.18. The Bertz CT molecular complexity index is 789. The van der Waals surface area contributed by atoms with Crippen molar-refractivity contribution in [3.63, 3.8) is 0 Å². The minimum atomic E-state index is -0.441. The van der Waals surface area contributed by atoms with Crippen LogP contribution in [0.15, 0.2) is 0 Å². The van der Waals surface area contributed by atoms with Crippen molar-refractivity contribution in [2.75, 3.05) is 6.61 Å². The van der Waals surface area contributed by atoms with Gasteiger partial charge in [-0.1, -0.05) is 13.8 Å². The predicted molar refractivity (Wildman–Crippen MR) is 113 cm³/mol. The third-order valence-electron chi connectivity index (χ3n) is 9.44. The highest BCUT2D eigenvalue weighted by molar-refractivity contribution is 5.89. The number of carbonyl (C=O) groups excluding carboxylic acids is 4. The molecule has 4 fully saturated rings. The van der Waals surface area contributed by atoms with Crippen LogP contribution in [0.1, 0.15) is 79.1 Å². The van der Waals surface area contributed by atoms with Gasteiger partial charge in [0, 0.05) is 32.1 Å². The fraction of sp³-hybridized carbons (Fsp3) is 0.840. The third-order valence-corrected chi connectivity index (χ3v) is 9.44. The summed E-state index contributed by atoms with van der Waals surface area (Å²) in [5.41, 5.74) is -0.370. The first-order valence-electron chi connectivity index (χ1n) is 11.9. The molecule has 0 aromatic heterocycles. The van der Waals surface area contributed by atoms with E-state index in [4.69, 9.17) is 9.47 Å². The number of hydrogen-bond acceptors (Lipinski definition) is 6. The Labute approximate surface area is 184 Å². The second-order valence-corrected chi connectivity index (χ2v) is 11.1. The van der Waals surface area contributed by atoms with E-state index in [1.165, 1.54) is 13.8 Å². The lowest BCUT2D eigenvalue weighted by Crippen LogP contribution is -2.58. The van der Waals surface area contributed by atoms with Gasteiger partial charge in [-0.25, -0.2) is 0 Å². The van der Waals surface area contributed by atoms with Crippen LogP contribution in [0.3, 0.4) is 0 Å². The average Bonchev–Trinajstić information content (AvgIpc) is 3.02. The number of rotatable bonds is 4. The van der Waals surface area contributed by atoms with Crippen LogP contribution in [0.4, 0.5) is 0 Å². The molecule has 4 saturated carbocycles. The zero-order valence-electron chi connectivity index (χ0n) is 19.3. The molecule has 31 heavy (non-hydrogen) atoms. The molecule has 0 spiro atoms. The first-order chi connectivity index (χ1) is 14.6. The Morgan fingerprint density at radius 3 is 2.39 bits per heavy atom. The molecule has 4 rings (SSSR count). The normalized spacial score (nSPS) is 43.9. The molecule has 0 saturated heterocycles. The van der Waals surface area contributed by atoms with E-state index in [0.29, 0.717) is 30.0 Å². The summed E-state index contributed by atoms with van der Waals surface area (Å²) in [6.07, 6.45) is 6.85. The summed E-state index contributed by atoms with van der Waals surface area (Å²) in [6, 6.07) is 0. The van der Waals surface area contributed by atoms with Gasteiger partial charge in [-0.15, -0.1) is 0 Å². The maximum absolute atomic E-state index is 13.6. The van der Waals surface area contributed by atoms with Crippen LogP contribution < -0.4 is 0 Å². The van der Waals surface area contributed by atoms with E-state index in [1.807, 2.05) is 0 Å². The number of carbonyl (C=O) groups is 4. The highest BCUT2D eigenvalue weighted by Gasteiger charge is 2.64. The molecule has 0 aromatic rings. The average molecular weight is 433 g/mol. The Morgan fingerprint density at radius 1 is 0.968 bits per heavy atom. The van der Waals surface area contributed by atoms with Crippen molar-refractivity contribution in [2.45, 2.75) is 85.2 Å². The number of Topliss-reactive ketones (excluding diaryl/α,β-unsaturated/α-hetero) is 2. The number of fused-ring (bicyclic) bond motifs is 5. The van der Waals surface area contributed by atoms with Crippen LogP contribution >= 0.6 is 0 Å². The SMILES string of the molecule is CC(=O)OCC(=O)[C@H]1CC[C@H]2[C@@H]3CC[C@@H]4C[C@H](OC(C)=O)CC[C@]4(C)[C@H]3C(=O)C[C@]12C. The zero-order valence-corrected chi connectivity index (χ0v) is 19.3. The van der Waals surface area contributed by atoms with E-state index >= 15 is 0 Å². The molecule has 172 valence electrons. The summed E-state index contributed by atoms with van der Waals surface area (Å²) in [7, 11) is 0. The number of hydrogen-bond donors (Lipinski definition) is 0. The standard InChI is InChI=1S/C25H36O6/c1-14(26)30-13-22(29)20-8-7-19-18-6-5-16-11-17(31-15(2)27)9-10-24(16,3)23(18)21(28)12-25(19,20)4/h16-20,23H,5-13H2,1-4H3/t16-,17-,18+,19+,20-,23-,24+,25+/m1/s1. The van der Waals surface area contributed by atoms with Crippen molar-refractivity contribution in [1.29, 1.82) is 0 Å². The van der Waals surface area contributed by atoms with Gasteiger partial charge in [-0.05, 0) is 73.5 Å². The monoisotopic (exact) mass is 432 g/mol. The van der Waals surface area contributed by atoms with Gasteiger partial charge < -0.3 is 9.47 Å². The Hall–Kier alpha value is -1.72. The van der Waals surface area contributed by atoms with Gasteiger partial charge >= 0.3 is 11.9 Å². The summed E-state index contributed by atoms with van der Waals surface area (Å²) in [4.78, 5) is 49.1. The van der Waals surface area contributed by atoms with Crippen molar-refractivity contribution in [2.24, 2.45) is 40.4 Å². The smallest absolute Gasteiger partial charge is 0.303 e. The quantitative estimate of drug-likeness (QED) is 0.627. The van der Waals surface area contributed by atoms with Gasteiger partial charge in [-0.3, -0.25) is 19.2 Å². The number of ether oxygens (including phenoxy) is 2. The van der Waals surface area contributed by atoms with E-state index in [9.17, 15) is 19.2 Å². The molecule has 0 aliphatic heterocycles. The molecular weight excluding hydrogens is 396 g/mol. The molecule has 6 heteroatoms. The summed E-state index contributed by atoms with van der Waals surface area (Å²) in [5.74, 6) is 0.558. The molecular formula is C25H36O6. The molecule has 0 aromatic carbocycles. The molecule has 8 atom stereocenters. The topological polar surface area (TPSA) is 86.7 Å². The van der Waals surface area contributed by atoms with Gasteiger partial charge in [-0.2, -0.15) is 0 Å². The first-order valence-corrected chi connectivity index (χ1v) is 11.9. The van der Waals surface area contributed by atoms with Crippen molar-refractivity contribution in [3.05, 3.63) is 0 Å². The van der Waals surface area contributed by atoms with Crippen molar-refractivity contribution in [1.82, 2.24) is 0 Å². The van der Waals surface area contributed by atoms with Crippen LogP contribution in [0.25, 0.3) is 0 Å². The van der Waals surface area contributed by atoms with Crippen LogP contribution in [-0.2, 0) is 28.7 Å². The molecule has 6 nitrogen and oxygen atoms in total. The first kappa shape index (κ1) is 22.5. The second-order valence-electron chi connectivity index (χ2n) is 11.1. The van der Waals surface area contributed by atoms with Crippen molar-refractivity contribution < 1.29 is 28.7 Å². The predicted octanol–water partition coefficient (Wildman–Crippen LogP) is 3.89. The number of esters is 2. The summed E-state index contributed by atoms with van der Waals surface area (Å²) < 4.78 is 10.5. The lowest BCUT2D eigenvalue weighted by molar-refractivity contribution is -0.170. The van der Waals surface area contributed by atoms with E-state index in [0.717, 1.165) is 44.9 Å². The molecule has 4 aliphatic carbocycles. The van der Waals surface area contributed by atoms with Crippen molar-refractivity contribution >= 4 is 23.5 Å². The minimum absolute atomic E-state index is 0.0224. The van der Waals surface area contributed by atoms with Crippen LogP contribution in [0.2, 0.25) is 0 Å². The van der Waals surface area contributed by atoms with E-state index < -0.39 is 5.97 Å². The summed E-state index contributed by atoms with van der Waals surface area (Å²) in [5, 5.41) is 0. The summed E-state index contributed by atoms with van der Waals surface area (Å²) >= 11 is 0. The molecule has 0 N–H and O–H groups in total. The summed E-state index contributed by atoms with van der Waals surface area (Å²) in [6.45, 7) is 7.02. The van der Waals surface area contributed by atoms with E-state index in [2.05, 4.69) is 13.8 Å². The highest BCUT2D eigenvalue weighted by Crippen LogP contribution is 2.66. The Morgan fingerprint density at radius 2 is 1.71 bits per heavy atom. The zero-order chi connectivity index (χ0) is 22.6. The van der Waals surface area contributed by atoms with Gasteiger partial charge in [0.05, 0.1) is 0 Å². The largest absolute Gasteiger partial charge is 0.463 e. The lowest BCUT2D eigenvalue weighted by Gasteiger charge is -2.59. The van der Waals surface area contributed by atoms with Gasteiger partial charge in [0.25, 0.3) is 0 Å². The molecule has 0 unspecified atom stereocenters.